The Morgan fingerprint density at radius 3 is 1.55 bits per heavy atom. The zero-order valence-corrected chi connectivity index (χ0v) is 7.04. The van der Waals surface area contributed by atoms with Gasteiger partial charge in [0, 0.05) is 28.3 Å². The van der Waals surface area contributed by atoms with Gasteiger partial charge < -0.3 is 4.74 Å². The van der Waals surface area contributed by atoms with Crippen molar-refractivity contribution in [2.45, 2.75) is 13.1 Å². The van der Waals surface area contributed by atoms with E-state index in [0.717, 1.165) is 0 Å². The normalized spacial score (nSPS) is 11.3. The smallest absolute Gasteiger partial charge is 0.384 e. The van der Waals surface area contributed by atoms with Gasteiger partial charge in [0.05, 0.1) is 0 Å². The van der Waals surface area contributed by atoms with Gasteiger partial charge in [-0.3, -0.25) is 19.0 Å². The fourth-order valence-electron chi connectivity index (χ4n) is 0.551. The van der Waals surface area contributed by atoms with Gasteiger partial charge in [-0.05, 0) is 0 Å². The summed E-state index contributed by atoms with van der Waals surface area (Å²) in [5, 5.41) is 0. The first kappa shape index (κ1) is 10.3. The van der Waals surface area contributed by atoms with Gasteiger partial charge in [-0.2, -0.15) is 0 Å². The highest BCUT2D eigenvalue weighted by Crippen LogP contribution is 2.13. The molecule has 0 saturated heterocycles. The highest BCUT2D eigenvalue weighted by Gasteiger charge is 2.34. The van der Waals surface area contributed by atoms with Gasteiger partial charge in [0.2, 0.25) is 0 Å². The number of hydrogen-bond acceptors (Lipinski definition) is 5. The van der Waals surface area contributed by atoms with Crippen LogP contribution < -0.4 is 0 Å². The summed E-state index contributed by atoms with van der Waals surface area (Å²) in [5.41, 5.74) is 0. The van der Waals surface area contributed by atoms with E-state index in [-0.39, 0.29) is 0 Å². The third kappa shape index (κ3) is 2.83. The second-order valence-electron chi connectivity index (χ2n) is 1.71. The second-order valence-corrected chi connectivity index (χ2v) is 1.71. The molecule has 0 amide bonds. The van der Waals surface area contributed by atoms with Crippen molar-refractivity contribution in [3.63, 3.8) is 0 Å². The average Bonchev–Trinajstić information content (AvgIpc) is 2.00. The van der Waals surface area contributed by atoms with Crippen LogP contribution >= 0.6 is 0 Å². The molecule has 0 atom stereocenters. The van der Waals surface area contributed by atoms with Gasteiger partial charge in [-0.1, -0.05) is 0 Å². The third-order valence-corrected chi connectivity index (χ3v) is 1.02. The zero-order chi connectivity index (χ0) is 8.91. The maximum Gasteiger partial charge on any atom is 0.462 e. The summed E-state index contributed by atoms with van der Waals surface area (Å²) >= 11 is 0. The molecule has 0 aromatic heterocycles. The number of rotatable bonds is 4. The maximum absolute atomic E-state index is 10.5. The Balaban J connectivity index is 4.16. The average molecular weight is 164 g/mol. The van der Waals surface area contributed by atoms with Crippen molar-refractivity contribution >= 4 is 5.97 Å². The molecule has 11 heavy (non-hydrogen) atoms. The molecule has 0 bridgehead atoms. The van der Waals surface area contributed by atoms with E-state index in [9.17, 15) is 4.79 Å². The van der Waals surface area contributed by atoms with E-state index >= 15 is 0 Å². The topological polar surface area (TPSA) is 54.0 Å². The summed E-state index contributed by atoms with van der Waals surface area (Å²) in [5.74, 6) is -0.546. The van der Waals surface area contributed by atoms with Crippen LogP contribution in [-0.2, 0) is 23.7 Å². The molecule has 0 aliphatic carbocycles. The molecular formula is C6H12O5. The summed E-state index contributed by atoms with van der Waals surface area (Å²) in [4.78, 5) is 10.5. The number of esters is 1. The molecular weight excluding hydrogens is 152 g/mol. The Kier molecular flexibility index (Phi) is 4.02. The Bertz CT molecular complexity index is 121. The van der Waals surface area contributed by atoms with E-state index in [2.05, 4.69) is 18.9 Å². The Morgan fingerprint density at radius 1 is 1.09 bits per heavy atom. The molecule has 0 fully saturated rings. The van der Waals surface area contributed by atoms with Gasteiger partial charge in [-0.25, -0.2) is 0 Å². The van der Waals surface area contributed by atoms with Gasteiger partial charge >= 0.3 is 12.1 Å². The third-order valence-electron chi connectivity index (χ3n) is 1.02. The fraction of sp³-hybridized carbons (Fsp3) is 0.833. The molecule has 0 aliphatic rings. The van der Waals surface area contributed by atoms with Crippen LogP contribution in [0.4, 0.5) is 0 Å². The van der Waals surface area contributed by atoms with Crippen LogP contribution in [0.2, 0.25) is 0 Å². The molecule has 66 valence electrons. The molecule has 0 unspecified atom stereocenters. The van der Waals surface area contributed by atoms with E-state index in [0.29, 0.717) is 0 Å². The van der Waals surface area contributed by atoms with Gasteiger partial charge in [0.25, 0.3) is 0 Å². The van der Waals surface area contributed by atoms with E-state index in [4.69, 9.17) is 0 Å². The van der Waals surface area contributed by atoms with E-state index in [1.807, 2.05) is 0 Å². The monoisotopic (exact) mass is 164 g/mol. The lowest BCUT2D eigenvalue weighted by atomic mass is 10.8. The maximum atomic E-state index is 10.5. The van der Waals surface area contributed by atoms with Gasteiger partial charge in [0.1, 0.15) is 0 Å². The van der Waals surface area contributed by atoms with E-state index in [1.54, 1.807) is 0 Å². The minimum atomic E-state index is -1.70. The fourth-order valence-corrected chi connectivity index (χ4v) is 0.551. The van der Waals surface area contributed by atoms with Crippen LogP contribution in [0.1, 0.15) is 6.92 Å². The molecule has 5 nitrogen and oxygen atoms in total. The van der Waals surface area contributed by atoms with Crippen molar-refractivity contribution in [3.8, 4) is 0 Å². The molecule has 0 aliphatic heterocycles. The highest BCUT2D eigenvalue weighted by atomic mass is 17.0. The van der Waals surface area contributed by atoms with Crippen LogP contribution in [0.3, 0.4) is 0 Å². The summed E-state index contributed by atoms with van der Waals surface area (Å²) in [7, 11) is 3.90. The number of hydrogen-bond donors (Lipinski definition) is 0. The minimum Gasteiger partial charge on any atom is -0.384 e. The Morgan fingerprint density at radius 2 is 1.45 bits per heavy atom. The molecule has 5 heteroatoms. The molecule has 0 radical (unpaired) electrons. The molecule has 0 N–H and O–H groups in total. The van der Waals surface area contributed by atoms with E-state index < -0.39 is 12.1 Å². The van der Waals surface area contributed by atoms with Crippen LogP contribution in [0, 0.1) is 0 Å². The molecule has 0 rings (SSSR count). The highest BCUT2D eigenvalue weighted by molar-refractivity contribution is 5.66. The first-order valence-electron chi connectivity index (χ1n) is 2.95. The summed E-state index contributed by atoms with van der Waals surface area (Å²) in [6, 6.07) is 0. The molecule has 0 aromatic carbocycles. The first-order chi connectivity index (χ1) is 5.10. The standard InChI is InChI=1S/C6H12O5/c1-5(7)11-6(8-2,9-3)10-4/h1-4H3. The lowest BCUT2D eigenvalue weighted by Crippen LogP contribution is -2.40. The van der Waals surface area contributed by atoms with Crippen molar-refractivity contribution in [1.82, 2.24) is 0 Å². The Labute approximate surface area is 65.2 Å². The second kappa shape index (κ2) is 4.27. The number of carbonyl (C=O) groups excluding carboxylic acids is 1. The SMILES string of the molecule is COC(OC)(OC)OC(C)=O. The zero-order valence-electron chi connectivity index (χ0n) is 7.04. The molecule has 0 heterocycles. The minimum absolute atomic E-state index is 0.546. The van der Waals surface area contributed by atoms with E-state index in [1.165, 1.54) is 28.3 Å². The lowest BCUT2D eigenvalue weighted by Gasteiger charge is -2.25. The number of ether oxygens (including phenoxy) is 4. The molecule has 0 spiro atoms. The summed E-state index contributed by atoms with van der Waals surface area (Å²) in [6.45, 7) is 1.23. The van der Waals surface area contributed by atoms with Gasteiger partial charge in [0.15, 0.2) is 0 Å². The number of methoxy groups -OCH3 is 3. The summed E-state index contributed by atoms with van der Waals surface area (Å²) in [6.07, 6.45) is -1.70. The summed E-state index contributed by atoms with van der Waals surface area (Å²) < 4.78 is 18.6. The quantitative estimate of drug-likeness (QED) is 0.435. The largest absolute Gasteiger partial charge is 0.462 e. The van der Waals surface area contributed by atoms with Crippen molar-refractivity contribution in [3.05, 3.63) is 0 Å². The van der Waals surface area contributed by atoms with Crippen LogP contribution in [0.25, 0.3) is 0 Å². The Hall–Kier alpha value is -0.650. The van der Waals surface area contributed by atoms with Crippen molar-refractivity contribution in [1.29, 1.82) is 0 Å². The lowest BCUT2D eigenvalue weighted by molar-refractivity contribution is -0.461. The van der Waals surface area contributed by atoms with Crippen molar-refractivity contribution < 1.29 is 23.7 Å². The molecule has 0 aromatic rings. The van der Waals surface area contributed by atoms with Crippen LogP contribution in [0.5, 0.6) is 0 Å². The van der Waals surface area contributed by atoms with Gasteiger partial charge in [-0.15, -0.1) is 0 Å². The first-order valence-corrected chi connectivity index (χ1v) is 2.95. The van der Waals surface area contributed by atoms with Crippen LogP contribution in [-0.4, -0.2) is 33.5 Å². The van der Waals surface area contributed by atoms with Crippen molar-refractivity contribution in [2.24, 2.45) is 0 Å². The molecule has 0 saturated carbocycles. The predicted octanol–water partition coefficient (Wildman–Crippen LogP) is 0.100. The predicted molar refractivity (Wildman–Crippen MR) is 35.5 cm³/mol. The van der Waals surface area contributed by atoms with Crippen LogP contribution in [0.15, 0.2) is 0 Å². The van der Waals surface area contributed by atoms with Crippen molar-refractivity contribution in [2.75, 3.05) is 21.3 Å². The number of carbonyl (C=O) groups is 1.